The number of rotatable bonds is 7. The molecule has 2 aromatic rings. The molecule has 0 aliphatic carbocycles. The van der Waals surface area contributed by atoms with E-state index in [9.17, 15) is 9.59 Å². The van der Waals surface area contributed by atoms with Crippen molar-refractivity contribution < 1.29 is 9.59 Å². The normalized spacial score (nSPS) is 19.2. The molecular weight excluding hydrogens is 386 g/mol. The van der Waals surface area contributed by atoms with Crippen molar-refractivity contribution in [1.82, 2.24) is 15.1 Å². The third-order valence-corrected chi connectivity index (χ3v) is 6.59. The third-order valence-electron chi connectivity index (χ3n) is 6.59. The zero-order valence-corrected chi connectivity index (χ0v) is 18.2. The van der Waals surface area contributed by atoms with Gasteiger partial charge in [0.15, 0.2) is 5.78 Å². The fraction of sp³-hybridized carbons (Fsp3) is 0.462. The van der Waals surface area contributed by atoms with Gasteiger partial charge in [-0.2, -0.15) is 0 Å². The third kappa shape index (κ3) is 6.25. The molecule has 5 nitrogen and oxygen atoms in total. The standard InChI is InChI=1S/C26H33N3O2/c30-25(27-24-13-17-28(18-14-24)19-21-7-3-1-4-8-21)20-29-15-11-23(12-16-29)26(31)22-9-5-2-6-10-22/h1-10,23-24H,11-20H2,(H,27,30). The van der Waals surface area contributed by atoms with Crippen LogP contribution in [0.2, 0.25) is 0 Å². The van der Waals surface area contributed by atoms with Crippen molar-refractivity contribution in [3.05, 3.63) is 71.8 Å². The van der Waals surface area contributed by atoms with Crippen molar-refractivity contribution >= 4 is 11.7 Å². The van der Waals surface area contributed by atoms with E-state index in [0.29, 0.717) is 6.54 Å². The number of carbonyl (C=O) groups excluding carboxylic acids is 2. The molecule has 0 atom stereocenters. The van der Waals surface area contributed by atoms with Crippen LogP contribution in [0, 0.1) is 5.92 Å². The Bertz CT molecular complexity index is 839. The van der Waals surface area contributed by atoms with Gasteiger partial charge in [0.2, 0.25) is 5.91 Å². The van der Waals surface area contributed by atoms with Gasteiger partial charge in [0.25, 0.3) is 0 Å². The molecule has 1 N–H and O–H groups in total. The van der Waals surface area contributed by atoms with Crippen LogP contribution < -0.4 is 5.32 Å². The second kappa shape index (κ2) is 10.7. The minimum Gasteiger partial charge on any atom is -0.352 e. The van der Waals surface area contributed by atoms with E-state index in [4.69, 9.17) is 0 Å². The molecule has 0 spiro atoms. The Morgan fingerprint density at radius 1 is 0.774 bits per heavy atom. The summed E-state index contributed by atoms with van der Waals surface area (Å²) in [5.41, 5.74) is 2.15. The van der Waals surface area contributed by atoms with Crippen LogP contribution in [0.15, 0.2) is 60.7 Å². The fourth-order valence-corrected chi connectivity index (χ4v) is 4.74. The highest BCUT2D eigenvalue weighted by Gasteiger charge is 2.27. The number of nitrogens with one attached hydrogen (secondary N) is 1. The number of hydrogen-bond donors (Lipinski definition) is 1. The van der Waals surface area contributed by atoms with Gasteiger partial charge < -0.3 is 5.32 Å². The molecule has 2 aliphatic heterocycles. The molecule has 4 rings (SSSR count). The number of likely N-dealkylation sites (tertiary alicyclic amines) is 2. The van der Waals surface area contributed by atoms with E-state index in [2.05, 4.69) is 45.4 Å². The molecule has 0 unspecified atom stereocenters. The molecule has 2 aliphatic rings. The number of piperidine rings is 2. The van der Waals surface area contributed by atoms with Gasteiger partial charge in [-0.25, -0.2) is 0 Å². The van der Waals surface area contributed by atoms with Crippen molar-refractivity contribution in [2.45, 2.75) is 38.3 Å². The molecule has 0 bridgehead atoms. The molecule has 5 heteroatoms. The molecule has 2 saturated heterocycles. The van der Waals surface area contributed by atoms with Gasteiger partial charge in [-0.1, -0.05) is 60.7 Å². The minimum absolute atomic E-state index is 0.0793. The lowest BCUT2D eigenvalue weighted by Crippen LogP contribution is -2.48. The molecule has 2 heterocycles. The van der Waals surface area contributed by atoms with E-state index in [0.717, 1.165) is 64.0 Å². The van der Waals surface area contributed by atoms with E-state index in [1.54, 1.807) is 0 Å². The maximum absolute atomic E-state index is 12.6. The van der Waals surface area contributed by atoms with E-state index in [1.165, 1.54) is 5.56 Å². The van der Waals surface area contributed by atoms with E-state index in [1.807, 2.05) is 30.3 Å². The summed E-state index contributed by atoms with van der Waals surface area (Å²) in [7, 11) is 0. The van der Waals surface area contributed by atoms with Crippen LogP contribution in [-0.4, -0.2) is 60.3 Å². The van der Waals surface area contributed by atoms with Crippen LogP contribution in [-0.2, 0) is 11.3 Å². The summed E-state index contributed by atoms with van der Waals surface area (Å²) < 4.78 is 0. The number of amides is 1. The fourth-order valence-electron chi connectivity index (χ4n) is 4.74. The van der Waals surface area contributed by atoms with Crippen LogP contribution >= 0.6 is 0 Å². The monoisotopic (exact) mass is 419 g/mol. The maximum Gasteiger partial charge on any atom is 0.234 e. The average Bonchev–Trinajstić information content (AvgIpc) is 2.82. The smallest absolute Gasteiger partial charge is 0.234 e. The molecule has 2 aromatic carbocycles. The number of benzene rings is 2. The number of carbonyl (C=O) groups is 2. The van der Waals surface area contributed by atoms with Gasteiger partial charge in [-0.15, -0.1) is 0 Å². The first-order chi connectivity index (χ1) is 15.2. The van der Waals surface area contributed by atoms with Gasteiger partial charge in [0.05, 0.1) is 6.54 Å². The zero-order chi connectivity index (χ0) is 21.5. The van der Waals surface area contributed by atoms with Gasteiger partial charge >= 0.3 is 0 Å². The first-order valence-electron chi connectivity index (χ1n) is 11.5. The molecule has 1 amide bonds. The molecule has 164 valence electrons. The van der Waals surface area contributed by atoms with E-state index in [-0.39, 0.29) is 23.7 Å². The van der Waals surface area contributed by atoms with Crippen molar-refractivity contribution in [2.75, 3.05) is 32.7 Å². The Kier molecular flexibility index (Phi) is 7.49. The summed E-state index contributed by atoms with van der Waals surface area (Å²) in [6, 6.07) is 20.4. The molecule has 31 heavy (non-hydrogen) atoms. The predicted molar refractivity (Wildman–Crippen MR) is 123 cm³/mol. The van der Waals surface area contributed by atoms with Gasteiger partial charge in [-0.3, -0.25) is 19.4 Å². The first-order valence-corrected chi connectivity index (χ1v) is 11.5. The lowest BCUT2D eigenvalue weighted by molar-refractivity contribution is -0.123. The number of ketones is 1. The Morgan fingerprint density at radius 3 is 2.00 bits per heavy atom. The van der Waals surface area contributed by atoms with Crippen molar-refractivity contribution in [1.29, 1.82) is 0 Å². The van der Waals surface area contributed by atoms with E-state index < -0.39 is 0 Å². The number of Topliss-reactive ketones (excluding diaryl/α,β-unsaturated/α-hetero) is 1. The van der Waals surface area contributed by atoms with Crippen LogP contribution in [0.4, 0.5) is 0 Å². The summed E-state index contributed by atoms with van der Waals surface area (Å²) in [5, 5.41) is 3.24. The molecule has 0 aromatic heterocycles. The predicted octanol–water partition coefficient (Wildman–Crippen LogP) is 3.36. The number of hydrogen-bond acceptors (Lipinski definition) is 4. The first kappa shape index (κ1) is 21.7. The second-order valence-corrected chi connectivity index (χ2v) is 8.88. The van der Waals surface area contributed by atoms with Gasteiger partial charge in [0.1, 0.15) is 0 Å². The van der Waals surface area contributed by atoms with Gasteiger partial charge in [0, 0.05) is 37.2 Å². The SMILES string of the molecule is O=C(CN1CCC(C(=O)c2ccccc2)CC1)NC1CCN(Cc2ccccc2)CC1. The largest absolute Gasteiger partial charge is 0.352 e. The van der Waals surface area contributed by atoms with E-state index >= 15 is 0 Å². The highest BCUT2D eigenvalue weighted by atomic mass is 16.2. The lowest BCUT2D eigenvalue weighted by atomic mass is 9.89. The lowest BCUT2D eigenvalue weighted by Gasteiger charge is -2.34. The zero-order valence-electron chi connectivity index (χ0n) is 18.2. The second-order valence-electron chi connectivity index (χ2n) is 8.88. The van der Waals surface area contributed by atoms with Crippen LogP contribution in [0.3, 0.4) is 0 Å². The summed E-state index contributed by atoms with van der Waals surface area (Å²) in [6.45, 7) is 5.09. The Balaban J connectivity index is 1.15. The van der Waals surface area contributed by atoms with Crippen LogP contribution in [0.1, 0.15) is 41.6 Å². The summed E-state index contributed by atoms with van der Waals surface area (Å²) >= 11 is 0. The van der Waals surface area contributed by atoms with Crippen LogP contribution in [0.5, 0.6) is 0 Å². The van der Waals surface area contributed by atoms with Crippen molar-refractivity contribution in [2.24, 2.45) is 5.92 Å². The minimum atomic E-state index is 0.0793. The van der Waals surface area contributed by atoms with Crippen molar-refractivity contribution in [3.8, 4) is 0 Å². The Hall–Kier alpha value is -2.50. The highest BCUT2D eigenvalue weighted by molar-refractivity contribution is 5.97. The summed E-state index contributed by atoms with van der Waals surface area (Å²) in [5.74, 6) is 0.442. The van der Waals surface area contributed by atoms with Crippen molar-refractivity contribution in [3.63, 3.8) is 0 Å². The average molecular weight is 420 g/mol. The topological polar surface area (TPSA) is 52.7 Å². The molecule has 0 saturated carbocycles. The number of nitrogens with zero attached hydrogens (tertiary/aromatic N) is 2. The highest BCUT2D eigenvalue weighted by Crippen LogP contribution is 2.22. The molecule has 2 fully saturated rings. The summed E-state index contributed by atoms with van der Waals surface area (Å²) in [6.07, 6.45) is 3.68. The molecular formula is C26H33N3O2. The van der Waals surface area contributed by atoms with Gasteiger partial charge in [-0.05, 0) is 44.3 Å². The Labute approximate surface area is 185 Å². The quantitative estimate of drug-likeness (QED) is 0.700. The van der Waals surface area contributed by atoms with Crippen LogP contribution in [0.25, 0.3) is 0 Å². The maximum atomic E-state index is 12.6. The Morgan fingerprint density at radius 2 is 1.35 bits per heavy atom. The molecule has 0 radical (unpaired) electrons. The summed E-state index contributed by atoms with van der Waals surface area (Å²) in [4.78, 5) is 29.8.